The fourth-order valence-corrected chi connectivity index (χ4v) is 6.22. The van der Waals surface area contributed by atoms with E-state index in [9.17, 15) is 4.39 Å². The molecular formula is C42H42ClFN4O5. The zero-order valence-electron chi connectivity index (χ0n) is 30.2. The molecule has 0 fully saturated rings. The number of methoxy groups -OCH3 is 3. The fraction of sp³-hybridized carbons (Fsp3) is 0.238. The van der Waals surface area contributed by atoms with E-state index in [-0.39, 0.29) is 5.02 Å². The SMILES string of the molecule is COc1cc2ncnc(Nc3ccc(F)c(Cl)c3)c2cc1OCCCCNCc1c(OC)cc(OCc2cccc(-c3ccccc3)c2C)cc1OC. The van der Waals surface area contributed by atoms with Crippen molar-refractivity contribution < 1.29 is 28.1 Å². The summed E-state index contributed by atoms with van der Waals surface area (Å²) in [5.41, 5.74) is 6.84. The summed E-state index contributed by atoms with van der Waals surface area (Å²) in [5, 5.41) is 7.43. The largest absolute Gasteiger partial charge is 0.496 e. The van der Waals surface area contributed by atoms with Gasteiger partial charge in [-0.1, -0.05) is 60.1 Å². The van der Waals surface area contributed by atoms with Gasteiger partial charge in [-0.15, -0.1) is 0 Å². The number of fused-ring (bicyclic) bond motifs is 1. The molecule has 2 N–H and O–H groups in total. The Morgan fingerprint density at radius 1 is 0.755 bits per heavy atom. The van der Waals surface area contributed by atoms with Gasteiger partial charge in [-0.3, -0.25) is 0 Å². The van der Waals surface area contributed by atoms with Crippen LogP contribution in [0.3, 0.4) is 0 Å². The average Bonchev–Trinajstić information content (AvgIpc) is 3.18. The number of anilines is 2. The van der Waals surface area contributed by atoms with E-state index in [1.807, 2.05) is 36.4 Å². The maximum absolute atomic E-state index is 13.7. The van der Waals surface area contributed by atoms with E-state index in [1.165, 1.54) is 35.2 Å². The predicted octanol–water partition coefficient (Wildman–Crippen LogP) is 9.69. The standard InChI is InChI=1S/C42H42ClFN4O5/c1-27-29(13-10-14-32(27)28-11-6-5-7-12-28)25-53-31-20-38(49-2)34(39(21-31)50-3)24-45-17-8-9-18-52-41-22-33-37(23-40(41)51-4)46-26-47-42(33)48-30-15-16-36(44)35(43)19-30/h5-7,10-16,19-23,26,45H,8-9,17-18,24-25H2,1-4H3,(H,46,47,48). The Labute approximate surface area is 314 Å². The Balaban J connectivity index is 1.02. The highest BCUT2D eigenvalue weighted by Crippen LogP contribution is 2.37. The van der Waals surface area contributed by atoms with E-state index < -0.39 is 5.82 Å². The number of benzene rings is 5. The summed E-state index contributed by atoms with van der Waals surface area (Å²) in [5.74, 6) is 3.21. The second-order valence-electron chi connectivity index (χ2n) is 12.3. The minimum Gasteiger partial charge on any atom is -0.496 e. The Morgan fingerprint density at radius 3 is 2.26 bits per heavy atom. The summed E-state index contributed by atoms with van der Waals surface area (Å²) in [6, 6.07) is 28.5. The van der Waals surface area contributed by atoms with Crippen LogP contribution in [0.25, 0.3) is 22.0 Å². The average molecular weight is 737 g/mol. The second-order valence-corrected chi connectivity index (χ2v) is 12.7. The van der Waals surface area contributed by atoms with E-state index in [1.54, 1.807) is 33.5 Å². The molecule has 0 aliphatic carbocycles. The van der Waals surface area contributed by atoms with Crippen LogP contribution in [0.2, 0.25) is 5.02 Å². The van der Waals surface area contributed by atoms with Gasteiger partial charge in [0.2, 0.25) is 0 Å². The number of hydrogen-bond donors (Lipinski definition) is 2. The van der Waals surface area contributed by atoms with Gasteiger partial charge in [-0.05, 0) is 72.8 Å². The summed E-state index contributed by atoms with van der Waals surface area (Å²) in [6.07, 6.45) is 3.11. The van der Waals surface area contributed by atoms with E-state index in [4.69, 9.17) is 35.3 Å². The molecule has 5 aromatic carbocycles. The summed E-state index contributed by atoms with van der Waals surface area (Å²) in [7, 11) is 4.89. The van der Waals surface area contributed by atoms with Crippen LogP contribution in [0.5, 0.6) is 28.7 Å². The molecule has 6 aromatic rings. The van der Waals surface area contributed by atoms with Crippen LogP contribution in [0.1, 0.15) is 29.5 Å². The van der Waals surface area contributed by atoms with Gasteiger partial charge < -0.3 is 34.3 Å². The number of aromatic nitrogens is 2. The zero-order chi connectivity index (χ0) is 37.2. The minimum atomic E-state index is -0.493. The molecule has 0 atom stereocenters. The normalized spacial score (nSPS) is 11.0. The number of halogens is 2. The van der Waals surface area contributed by atoms with E-state index in [2.05, 4.69) is 57.9 Å². The number of ether oxygens (including phenoxy) is 5. The lowest BCUT2D eigenvalue weighted by molar-refractivity contribution is 0.286. The van der Waals surface area contributed by atoms with Gasteiger partial charge in [0.05, 0.1) is 44.0 Å². The lowest BCUT2D eigenvalue weighted by Gasteiger charge is -2.17. The first-order valence-corrected chi connectivity index (χ1v) is 17.7. The molecule has 0 unspecified atom stereocenters. The van der Waals surface area contributed by atoms with E-state index in [0.717, 1.165) is 35.9 Å². The summed E-state index contributed by atoms with van der Waals surface area (Å²) in [4.78, 5) is 8.76. The first-order chi connectivity index (χ1) is 25.9. The maximum Gasteiger partial charge on any atom is 0.162 e. The van der Waals surface area contributed by atoms with E-state index in [0.29, 0.717) is 65.5 Å². The molecule has 0 bridgehead atoms. The van der Waals surface area contributed by atoms with E-state index >= 15 is 0 Å². The maximum atomic E-state index is 13.7. The van der Waals surface area contributed by atoms with Gasteiger partial charge in [0.15, 0.2) is 11.5 Å². The second kappa shape index (κ2) is 17.8. The molecule has 0 saturated heterocycles. The highest BCUT2D eigenvalue weighted by atomic mass is 35.5. The summed E-state index contributed by atoms with van der Waals surface area (Å²) >= 11 is 5.98. The molecule has 0 spiro atoms. The van der Waals surface area contributed by atoms with Crippen LogP contribution in [-0.4, -0.2) is 44.4 Å². The Morgan fingerprint density at radius 2 is 1.53 bits per heavy atom. The van der Waals surface area contributed by atoms with Crippen molar-refractivity contribution in [1.29, 1.82) is 0 Å². The van der Waals surface area contributed by atoms with Gasteiger partial charge in [0.1, 0.15) is 41.8 Å². The molecule has 0 radical (unpaired) electrons. The van der Waals surface area contributed by atoms with Crippen LogP contribution in [0, 0.1) is 12.7 Å². The quantitative estimate of drug-likeness (QED) is 0.0888. The molecule has 1 aromatic heterocycles. The van der Waals surface area contributed by atoms with Crippen LogP contribution in [-0.2, 0) is 13.2 Å². The third kappa shape index (κ3) is 9.08. The van der Waals surface area contributed by atoms with Crippen molar-refractivity contribution in [3.63, 3.8) is 0 Å². The molecule has 11 heteroatoms. The Bertz CT molecular complexity index is 2140. The lowest BCUT2D eigenvalue weighted by atomic mass is 9.97. The highest BCUT2D eigenvalue weighted by Gasteiger charge is 2.16. The van der Waals surface area contributed by atoms with Crippen LogP contribution >= 0.6 is 11.6 Å². The number of unbranched alkanes of at least 4 members (excludes halogenated alkanes) is 1. The zero-order valence-corrected chi connectivity index (χ0v) is 30.9. The van der Waals surface area contributed by atoms with Crippen molar-refractivity contribution in [3.8, 4) is 39.9 Å². The van der Waals surface area contributed by atoms with Gasteiger partial charge in [0.25, 0.3) is 0 Å². The number of nitrogens with zero attached hydrogens (tertiary/aromatic N) is 2. The summed E-state index contributed by atoms with van der Waals surface area (Å²) < 4.78 is 43.2. The van der Waals surface area contributed by atoms with Gasteiger partial charge >= 0.3 is 0 Å². The van der Waals surface area contributed by atoms with Crippen molar-refractivity contribution in [1.82, 2.24) is 15.3 Å². The van der Waals surface area contributed by atoms with Crippen molar-refractivity contribution in [2.75, 3.05) is 39.8 Å². The van der Waals surface area contributed by atoms with Gasteiger partial charge in [-0.2, -0.15) is 0 Å². The van der Waals surface area contributed by atoms with Crippen molar-refractivity contribution in [2.24, 2.45) is 0 Å². The molecule has 6 rings (SSSR count). The molecule has 53 heavy (non-hydrogen) atoms. The number of rotatable bonds is 17. The molecule has 9 nitrogen and oxygen atoms in total. The van der Waals surface area contributed by atoms with Crippen molar-refractivity contribution in [3.05, 3.63) is 125 Å². The number of nitrogens with one attached hydrogen (secondary N) is 2. The Kier molecular flexibility index (Phi) is 12.5. The topological polar surface area (TPSA) is 96.0 Å². The molecule has 274 valence electrons. The third-order valence-corrected chi connectivity index (χ3v) is 9.21. The lowest BCUT2D eigenvalue weighted by Crippen LogP contribution is -2.17. The van der Waals surface area contributed by atoms with Crippen molar-refractivity contribution in [2.45, 2.75) is 32.9 Å². The predicted molar refractivity (Wildman–Crippen MR) is 208 cm³/mol. The van der Waals surface area contributed by atoms with Gasteiger partial charge in [-0.25, -0.2) is 14.4 Å². The Hall–Kier alpha value is -5.58. The first kappa shape index (κ1) is 37.2. The fourth-order valence-electron chi connectivity index (χ4n) is 6.04. The molecule has 0 aliphatic heterocycles. The molecule has 1 heterocycles. The molecule has 0 saturated carbocycles. The van der Waals surface area contributed by atoms with Crippen LogP contribution < -0.4 is 34.3 Å². The smallest absolute Gasteiger partial charge is 0.162 e. The van der Waals surface area contributed by atoms with Gasteiger partial charge in [0, 0.05) is 35.8 Å². The number of hydrogen-bond acceptors (Lipinski definition) is 9. The minimum absolute atomic E-state index is 0.0158. The molecule has 0 aliphatic rings. The first-order valence-electron chi connectivity index (χ1n) is 17.3. The molecular weight excluding hydrogens is 695 g/mol. The van der Waals surface area contributed by atoms with Crippen LogP contribution in [0.4, 0.5) is 15.9 Å². The monoisotopic (exact) mass is 736 g/mol. The molecule has 0 amide bonds. The highest BCUT2D eigenvalue weighted by molar-refractivity contribution is 6.31. The summed E-state index contributed by atoms with van der Waals surface area (Å²) in [6.45, 7) is 4.32. The third-order valence-electron chi connectivity index (χ3n) is 8.92. The van der Waals surface area contributed by atoms with Crippen molar-refractivity contribution >= 4 is 34.0 Å². The van der Waals surface area contributed by atoms with Crippen LogP contribution in [0.15, 0.2) is 97.3 Å².